The summed E-state index contributed by atoms with van der Waals surface area (Å²) in [6.07, 6.45) is 0.280. The van der Waals surface area contributed by atoms with Gasteiger partial charge in [0.2, 0.25) is 5.91 Å². The van der Waals surface area contributed by atoms with Crippen LogP contribution in [-0.2, 0) is 11.3 Å². The Hall–Kier alpha value is -2.47. The molecule has 0 spiro atoms. The third-order valence-corrected chi connectivity index (χ3v) is 3.83. The van der Waals surface area contributed by atoms with Crippen molar-refractivity contribution in [3.05, 3.63) is 52.8 Å². The van der Waals surface area contributed by atoms with E-state index in [1.54, 1.807) is 26.4 Å². The van der Waals surface area contributed by atoms with Crippen molar-refractivity contribution in [3.63, 3.8) is 0 Å². The van der Waals surface area contributed by atoms with Crippen molar-refractivity contribution in [2.24, 2.45) is 0 Å². The Balaban J connectivity index is 1.78. The van der Waals surface area contributed by atoms with Crippen LogP contribution in [0.1, 0.15) is 12.0 Å². The van der Waals surface area contributed by atoms with Crippen molar-refractivity contribution in [2.75, 3.05) is 26.1 Å². The van der Waals surface area contributed by atoms with Crippen LogP contribution in [0.5, 0.6) is 11.5 Å². The molecule has 0 radical (unpaired) electrons. The number of hydrogen-bond donors (Lipinski definition) is 2. The van der Waals surface area contributed by atoms with Crippen LogP contribution in [0, 0.1) is 5.82 Å². The number of benzene rings is 2. The van der Waals surface area contributed by atoms with Crippen molar-refractivity contribution >= 4 is 23.2 Å². The molecule has 1 amide bonds. The lowest BCUT2D eigenvalue weighted by Gasteiger charge is -2.11. The molecular formula is C18H20ClFN2O3. The van der Waals surface area contributed by atoms with Crippen LogP contribution >= 0.6 is 11.6 Å². The minimum Gasteiger partial charge on any atom is -0.493 e. The van der Waals surface area contributed by atoms with Crippen molar-refractivity contribution in [1.29, 1.82) is 0 Å². The number of rotatable bonds is 8. The normalized spacial score (nSPS) is 10.2. The van der Waals surface area contributed by atoms with E-state index in [1.165, 1.54) is 12.1 Å². The van der Waals surface area contributed by atoms with Gasteiger partial charge in [-0.05, 0) is 35.9 Å². The van der Waals surface area contributed by atoms with Crippen LogP contribution < -0.4 is 20.1 Å². The zero-order valence-corrected chi connectivity index (χ0v) is 14.8. The third-order valence-electron chi connectivity index (χ3n) is 3.54. The van der Waals surface area contributed by atoms with Crippen LogP contribution in [0.4, 0.5) is 10.1 Å². The number of carbonyl (C=O) groups excluding carboxylic acids is 1. The van der Waals surface area contributed by atoms with Gasteiger partial charge < -0.3 is 20.1 Å². The van der Waals surface area contributed by atoms with Gasteiger partial charge in [-0.25, -0.2) is 4.39 Å². The average Bonchev–Trinajstić information content (AvgIpc) is 2.62. The van der Waals surface area contributed by atoms with Gasteiger partial charge in [-0.3, -0.25) is 4.79 Å². The van der Waals surface area contributed by atoms with Gasteiger partial charge in [-0.2, -0.15) is 0 Å². The fraction of sp³-hybridized carbons (Fsp3) is 0.278. The van der Waals surface area contributed by atoms with E-state index in [1.807, 2.05) is 12.1 Å². The molecule has 0 aliphatic rings. The highest BCUT2D eigenvalue weighted by atomic mass is 35.5. The lowest BCUT2D eigenvalue weighted by molar-refractivity contribution is -0.121. The first kappa shape index (κ1) is 18.9. The summed E-state index contributed by atoms with van der Waals surface area (Å²) in [5, 5.41) is 5.90. The van der Waals surface area contributed by atoms with Gasteiger partial charge in [0, 0.05) is 25.2 Å². The summed E-state index contributed by atoms with van der Waals surface area (Å²) in [5.41, 5.74) is 1.57. The molecule has 2 N–H and O–H groups in total. The number of halogens is 2. The van der Waals surface area contributed by atoms with E-state index in [0.29, 0.717) is 30.3 Å². The number of hydrogen-bond acceptors (Lipinski definition) is 4. The number of carbonyl (C=O) groups is 1. The molecule has 0 aromatic heterocycles. The van der Waals surface area contributed by atoms with Crippen molar-refractivity contribution in [2.45, 2.75) is 13.0 Å². The Bertz CT molecular complexity index is 740. The standard InChI is InChI=1S/C18H20ClFN2O3/c1-24-16-6-3-12(9-17(16)25-2)11-22-18(23)7-8-21-13-4-5-15(20)14(19)10-13/h3-6,9-10,21H,7-8,11H2,1-2H3,(H,22,23). The van der Waals surface area contributed by atoms with Crippen LogP contribution in [0.3, 0.4) is 0 Å². The second kappa shape index (κ2) is 9.13. The van der Waals surface area contributed by atoms with E-state index in [9.17, 15) is 9.18 Å². The number of methoxy groups -OCH3 is 2. The average molecular weight is 367 g/mol. The number of anilines is 1. The van der Waals surface area contributed by atoms with Crippen molar-refractivity contribution in [1.82, 2.24) is 5.32 Å². The summed E-state index contributed by atoms with van der Waals surface area (Å²) < 4.78 is 23.5. The lowest BCUT2D eigenvalue weighted by atomic mass is 10.2. The molecule has 5 nitrogen and oxygen atoms in total. The monoisotopic (exact) mass is 366 g/mol. The van der Waals surface area contributed by atoms with Gasteiger partial charge in [0.25, 0.3) is 0 Å². The molecule has 0 heterocycles. The van der Waals surface area contributed by atoms with E-state index in [0.717, 1.165) is 5.56 Å². The molecule has 2 aromatic rings. The Morgan fingerprint density at radius 2 is 1.88 bits per heavy atom. The van der Waals surface area contributed by atoms with E-state index in [4.69, 9.17) is 21.1 Å². The Kier molecular flexibility index (Phi) is 6.89. The molecule has 7 heteroatoms. The Labute approximate surface area is 151 Å². The molecule has 0 aliphatic heterocycles. The van der Waals surface area contributed by atoms with Gasteiger partial charge >= 0.3 is 0 Å². The molecule has 0 aliphatic carbocycles. The Morgan fingerprint density at radius 1 is 1.12 bits per heavy atom. The maximum absolute atomic E-state index is 13.1. The summed E-state index contributed by atoms with van der Waals surface area (Å²) in [6.45, 7) is 0.807. The van der Waals surface area contributed by atoms with E-state index < -0.39 is 5.82 Å². The number of amides is 1. The Morgan fingerprint density at radius 3 is 2.56 bits per heavy atom. The molecule has 0 atom stereocenters. The first-order valence-corrected chi connectivity index (χ1v) is 8.08. The minimum absolute atomic E-state index is 0.0444. The van der Waals surface area contributed by atoms with Gasteiger partial charge in [0.05, 0.1) is 19.2 Å². The highest BCUT2D eigenvalue weighted by molar-refractivity contribution is 6.31. The van der Waals surface area contributed by atoms with Crippen LogP contribution in [0.2, 0.25) is 5.02 Å². The second-order valence-corrected chi connectivity index (χ2v) is 5.68. The summed E-state index contributed by atoms with van der Waals surface area (Å²) in [4.78, 5) is 11.9. The zero-order chi connectivity index (χ0) is 18.2. The summed E-state index contributed by atoms with van der Waals surface area (Å²) in [5.74, 6) is 0.680. The molecule has 134 valence electrons. The minimum atomic E-state index is -0.472. The predicted octanol–water partition coefficient (Wildman–Crippen LogP) is 3.61. The summed E-state index contributed by atoms with van der Waals surface area (Å²) >= 11 is 5.71. The van der Waals surface area contributed by atoms with E-state index in [-0.39, 0.29) is 17.4 Å². The number of ether oxygens (including phenoxy) is 2. The second-order valence-electron chi connectivity index (χ2n) is 5.27. The smallest absolute Gasteiger partial charge is 0.222 e. The fourth-order valence-electron chi connectivity index (χ4n) is 2.21. The first-order valence-electron chi connectivity index (χ1n) is 7.70. The largest absolute Gasteiger partial charge is 0.493 e. The van der Waals surface area contributed by atoms with Crippen LogP contribution in [0.15, 0.2) is 36.4 Å². The molecule has 2 aromatic carbocycles. The summed E-state index contributed by atoms with van der Waals surface area (Å²) in [6, 6.07) is 9.81. The lowest BCUT2D eigenvalue weighted by Crippen LogP contribution is -2.24. The molecule has 0 fully saturated rings. The molecule has 2 rings (SSSR count). The molecule has 0 saturated carbocycles. The SMILES string of the molecule is COc1ccc(CNC(=O)CCNc2ccc(F)c(Cl)c2)cc1OC. The topological polar surface area (TPSA) is 59.6 Å². The summed E-state index contributed by atoms with van der Waals surface area (Å²) in [7, 11) is 3.13. The molecule has 0 unspecified atom stereocenters. The molecular weight excluding hydrogens is 347 g/mol. The molecule has 0 bridgehead atoms. The van der Waals surface area contributed by atoms with Crippen LogP contribution in [0.25, 0.3) is 0 Å². The van der Waals surface area contributed by atoms with E-state index >= 15 is 0 Å². The fourth-order valence-corrected chi connectivity index (χ4v) is 2.39. The highest BCUT2D eigenvalue weighted by Gasteiger charge is 2.06. The number of nitrogens with one attached hydrogen (secondary N) is 2. The van der Waals surface area contributed by atoms with Gasteiger partial charge in [0.1, 0.15) is 5.82 Å². The third kappa shape index (κ3) is 5.53. The van der Waals surface area contributed by atoms with Crippen molar-refractivity contribution < 1.29 is 18.7 Å². The maximum Gasteiger partial charge on any atom is 0.222 e. The first-order chi connectivity index (χ1) is 12.0. The van der Waals surface area contributed by atoms with E-state index in [2.05, 4.69) is 10.6 Å². The quantitative estimate of drug-likeness (QED) is 0.749. The van der Waals surface area contributed by atoms with Gasteiger partial charge in [0.15, 0.2) is 11.5 Å². The molecule has 0 saturated heterocycles. The van der Waals surface area contributed by atoms with Crippen molar-refractivity contribution in [3.8, 4) is 11.5 Å². The van der Waals surface area contributed by atoms with Gasteiger partial charge in [-0.1, -0.05) is 17.7 Å². The van der Waals surface area contributed by atoms with Crippen LogP contribution in [-0.4, -0.2) is 26.7 Å². The predicted molar refractivity (Wildman–Crippen MR) is 95.9 cm³/mol. The maximum atomic E-state index is 13.1. The zero-order valence-electron chi connectivity index (χ0n) is 14.1. The highest BCUT2D eigenvalue weighted by Crippen LogP contribution is 2.27. The molecule has 25 heavy (non-hydrogen) atoms. The van der Waals surface area contributed by atoms with Gasteiger partial charge in [-0.15, -0.1) is 0 Å².